The molecule has 0 spiro atoms. The Morgan fingerprint density at radius 1 is 1.47 bits per heavy atom. The lowest BCUT2D eigenvalue weighted by Crippen LogP contribution is -2.23. The quantitative estimate of drug-likeness (QED) is 0.931. The molecule has 1 N–H and O–H groups in total. The van der Waals surface area contributed by atoms with Crippen molar-refractivity contribution in [3.8, 4) is 0 Å². The van der Waals surface area contributed by atoms with Crippen molar-refractivity contribution in [2.24, 2.45) is 0 Å². The standard InChI is InChI=1S/C13H14BrN3OS/c1-17(2)12-5-9(3-4-15-12)13(18)16-7-11-6-10(14)8-19-11/h3-6,8H,7H2,1-2H3,(H,16,18). The Balaban J connectivity index is 2.01. The molecule has 19 heavy (non-hydrogen) atoms. The highest BCUT2D eigenvalue weighted by atomic mass is 79.9. The number of nitrogens with zero attached hydrogens (tertiary/aromatic N) is 2. The molecule has 2 aromatic heterocycles. The first kappa shape index (κ1) is 14.0. The van der Waals surface area contributed by atoms with Crippen molar-refractivity contribution >= 4 is 39.0 Å². The second-order valence-electron chi connectivity index (χ2n) is 4.21. The van der Waals surface area contributed by atoms with Gasteiger partial charge in [0, 0.05) is 40.6 Å². The zero-order valence-corrected chi connectivity index (χ0v) is 13.1. The highest BCUT2D eigenvalue weighted by Gasteiger charge is 2.08. The molecule has 0 radical (unpaired) electrons. The second-order valence-corrected chi connectivity index (χ2v) is 6.12. The summed E-state index contributed by atoms with van der Waals surface area (Å²) in [6.45, 7) is 0.536. The van der Waals surface area contributed by atoms with Gasteiger partial charge in [0.2, 0.25) is 0 Å². The van der Waals surface area contributed by atoms with Gasteiger partial charge in [-0.15, -0.1) is 11.3 Å². The van der Waals surface area contributed by atoms with E-state index in [1.807, 2.05) is 30.4 Å². The summed E-state index contributed by atoms with van der Waals surface area (Å²) in [7, 11) is 3.79. The first-order chi connectivity index (χ1) is 9.06. The van der Waals surface area contributed by atoms with Crippen LogP contribution < -0.4 is 10.2 Å². The summed E-state index contributed by atoms with van der Waals surface area (Å²) in [6.07, 6.45) is 1.64. The molecular formula is C13H14BrN3OS. The number of carbonyl (C=O) groups excluding carboxylic acids is 1. The normalized spacial score (nSPS) is 10.3. The zero-order valence-electron chi connectivity index (χ0n) is 10.7. The van der Waals surface area contributed by atoms with Crippen molar-refractivity contribution < 1.29 is 4.79 Å². The van der Waals surface area contributed by atoms with Crippen molar-refractivity contribution in [2.75, 3.05) is 19.0 Å². The Labute approximate surface area is 124 Å². The fourth-order valence-electron chi connectivity index (χ4n) is 1.52. The van der Waals surface area contributed by atoms with Crippen LogP contribution in [0.5, 0.6) is 0 Å². The van der Waals surface area contributed by atoms with Gasteiger partial charge < -0.3 is 10.2 Å². The SMILES string of the molecule is CN(C)c1cc(C(=O)NCc2cc(Br)cs2)ccn1. The average Bonchev–Trinajstić information content (AvgIpc) is 2.82. The molecule has 0 fully saturated rings. The molecule has 0 aromatic carbocycles. The lowest BCUT2D eigenvalue weighted by Gasteiger charge is -2.12. The Bertz CT molecular complexity index is 583. The number of aromatic nitrogens is 1. The molecule has 2 aromatic rings. The maximum Gasteiger partial charge on any atom is 0.251 e. The van der Waals surface area contributed by atoms with E-state index in [1.54, 1.807) is 29.7 Å². The van der Waals surface area contributed by atoms with Gasteiger partial charge in [-0.25, -0.2) is 4.98 Å². The third-order valence-corrected chi connectivity index (χ3v) is 4.21. The number of hydrogen-bond acceptors (Lipinski definition) is 4. The van der Waals surface area contributed by atoms with Gasteiger partial charge in [0.1, 0.15) is 5.82 Å². The largest absolute Gasteiger partial charge is 0.363 e. The minimum atomic E-state index is -0.0879. The Kier molecular flexibility index (Phi) is 4.55. The summed E-state index contributed by atoms with van der Waals surface area (Å²) in [5.41, 5.74) is 0.620. The van der Waals surface area contributed by atoms with Crippen molar-refractivity contribution in [1.82, 2.24) is 10.3 Å². The molecule has 2 rings (SSSR count). The van der Waals surface area contributed by atoms with E-state index in [9.17, 15) is 4.79 Å². The molecule has 0 aliphatic rings. The lowest BCUT2D eigenvalue weighted by atomic mass is 10.2. The third kappa shape index (κ3) is 3.78. The van der Waals surface area contributed by atoms with Crippen LogP contribution in [0.2, 0.25) is 0 Å². The molecule has 4 nitrogen and oxygen atoms in total. The van der Waals surface area contributed by atoms with E-state index in [2.05, 4.69) is 26.2 Å². The van der Waals surface area contributed by atoms with Crippen molar-refractivity contribution in [3.05, 3.63) is 44.7 Å². The van der Waals surface area contributed by atoms with Crippen LogP contribution in [0, 0.1) is 0 Å². The topological polar surface area (TPSA) is 45.2 Å². The summed E-state index contributed by atoms with van der Waals surface area (Å²) >= 11 is 5.01. The molecule has 0 aliphatic heterocycles. The molecule has 0 unspecified atom stereocenters. The first-order valence-corrected chi connectivity index (χ1v) is 7.38. The molecule has 6 heteroatoms. The minimum absolute atomic E-state index is 0.0879. The van der Waals surface area contributed by atoms with Crippen LogP contribution in [0.1, 0.15) is 15.2 Å². The van der Waals surface area contributed by atoms with Crippen LogP contribution in [0.4, 0.5) is 5.82 Å². The molecule has 0 saturated carbocycles. The van der Waals surface area contributed by atoms with E-state index in [-0.39, 0.29) is 5.91 Å². The summed E-state index contributed by atoms with van der Waals surface area (Å²) in [4.78, 5) is 19.2. The number of carbonyl (C=O) groups is 1. The van der Waals surface area contributed by atoms with Crippen molar-refractivity contribution in [3.63, 3.8) is 0 Å². The van der Waals surface area contributed by atoms with Gasteiger partial charge in [0.25, 0.3) is 5.91 Å². The molecule has 0 aliphatic carbocycles. The number of hydrogen-bond donors (Lipinski definition) is 1. The monoisotopic (exact) mass is 339 g/mol. The third-order valence-electron chi connectivity index (χ3n) is 2.51. The van der Waals surface area contributed by atoms with Gasteiger partial charge in [0.05, 0.1) is 6.54 Å². The van der Waals surface area contributed by atoms with Crippen LogP contribution in [0.3, 0.4) is 0 Å². The maximum atomic E-state index is 12.0. The van der Waals surface area contributed by atoms with Gasteiger partial charge in [-0.05, 0) is 34.1 Å². The fraction of sp³-hybridized carbons (Fsp3) is 0.231. The number of amides is 1. The molecular weight excluding hydrogens is 326 g/mol. The fourth-order valence-corrected chi connectivity index (χ4v) is 2.91. The lowest BCUT2D eigenvalue weighted by molar-refractivity contribution is 0.0951. The molecule has 0 saturated heterocycles. The summed E-state index contributed by atoms with van der Waals surface area (Å²) in [5, 5.41) is 4.90. The Morgan fingerprint density at radius 3 is 2.89 bits per heavy atom. The van der Waals surface area contributed by atoms with Gasteiger partial charge in [-0.1, -0.05) is 0 Å². The Hall–Kier alpha value is -1.40. The van der Waals surface area contributed by atoms with Gasteiger partial charge in [-0.3, -0.25) is 4.79 Å². The van der Waals surface area contributed by atoms with Gasteiger partial charge in [0.15, 0.2) is 0 Å². The minimum Gasteiger partial charge on any atom is -0.363 e. The van der Waals surface area contributed by atoms with Crippen LogP contribution in [-0.2, 0) is 6.54 Å². The summed E-state index contributed by atoms with van der Waals surface area (Å²) in [6, 6.07) is 5.50. The second kappa shape index (κ2) is 6.16. The first-order valence-electron chi connectivity index (χ1n) is 5.71. The van der Waals surface area contributed by atoms with E-state index in [0.717, 1.165) is 15.2 Å². The predicted molar refractivity (Wildman–Crippen MR) is 81.8 cm³/mol. The Morgan fingerprint density at radius 2 is 2.26 bits per heavy atom. The summed E-state index contributed by atoms with van der Waals surface area (Å²) in [5.74, 6) is 0.682. The van der Waals surface area contributed by atoms with Gasteiger partial charge >= 0.3 is 0 Å². The van der Waals surface area contributed by atoms with Crippen LogP contribution in [-0.4, -0.2) is 25.0 Å². The zero-order chi connectivity index (χ0) is 13.8. The molecule has 2 heterocycles. The number of anilines is 1. The van der Waals surface area contributed by atoms with E-state index in [0.29, 0.717) is 12.1 Å². The maximum absolute atomic E-state index is 12.0. The average molecular weight is 340 g/mol. The number of rotatable bonds is 4. The highest BCUT2D eigenvalue weighted by molar-refractivity contribution is 9.10. The highest BCUT2D eigenvalue weighted by Crippen LogP contribution is 2.19. The number of thiophene rings is 1. The smallest absolute Gasteiger partial charge is 0.251 e. The van der Waals surface area contributed by atoms with Crippen molar-refractivity contribution in [2.45, 2.75) is 6.54 Å². The molecule has 100 valence electrons. The van der Waals surface area contributed by atoms with E-state index < -0.39 is 0 Å². The van der Waals surface area contributed by atoms with Crippen molar-refractivity contribution in [1.29, 1.82) is 0 Å². The molecule has 0 bridgehead atoms. The van der Waals surface area contributed by atoms with E-state index in [1.165, 1.54) is 0 Å². The number of nitrogens with one attached hydrogen (secondary N) is 1. The molecule has 0 atom stereocenters. The van der Waals surface area contributed by atoms with Crippen LogP contribution >= 0.6 is 27.3 Å². The van der Waals surface area contributed by atoms with Crippen LogP contribution in [0.15, 0.2) is 34.2 Å². The van der Waals surface area contributed by atoms with Gasteiger partial charge in [-0.2, -0.15) is 0 Å². The summed E-state index contributed by atoms with van der Waals surface area (Å²) < 4.78 is 1.04. The number of pyridine rings is 1. The van der Waals surface area contributed by atoms with E-state index in [4.69, 9.17) is 0 Å². The molecule has 1 amide bonds. The van der Waals surface area contributed by atoms with E-state index >= 15 is 0 Å². The van der Waals surface area contributed by atoms with Crippen LogP contribution in [0.25, 0.3) is 0 Å². The predicted octanol–water partition coefficient (Wildman–Crippen LogP) is 2.90. The number of halogens is 1.